The first-order chi connectivity index (χ1) is 9.67. The molecule has 20 heavy (non-hydrogen) atoms. The van der Waals surface area contributed by atoms with Crippen molar-refractivity contribution < 1.29 is 9.18 Å². The highest BCUT2D eigenvalue weighted by Crippen LogP contribution is 2.25. The van der Waals surface area contributed by atoms with Crippen LogP contribution in [-0.2, 0) is 0 Å². The molecule has 1 amide bonds. The van der Waals surface area contributed by atoms with Gasteiger partial charge in [0.2, 0.25) is 0 Å². The van der Waals surface area contributed by atoms with Crippen LogP contribution in [0.2, 0.25) is 0 Å². The van der Waals surface area contributed by atoms with Gasteiger partial charge in [0.25, 0.3) is 5.91 Å². The molecule has 0 aliphatic rings. The van der Waals surface area contributed by atoms with Gasteiger partial charge in [-0.1, -0.05) is 12.1 Å². The molecule has 1 aromatic heterocycles. The van der Waals surface area contributed by atoms with Crippen molar-refractivity contribution >= 4 is 29.2 Å². The van der Waals surface area contributed by atoms with Crippen molar-refractivity contribution in [2.75, 3.05) is 17.0 Å². The standard InChI is InChI=1S/C13H13FN4OS/c1-20-10-5-3-2-4-9(10)17-13(19)8-6-7-16-12(18-15)11(8)14/h2-7H,15H2,1H3,(H,16,18)(H,17,19). The second-order valence-corrected chi connectivity index (χ2v) is 4.67. The fraction of sp³-hybridized carbons (Fsp3) is 0.0769. The summed E-state index contributed by atoms with van der Waals surface area (Å²) in [5.74, 6) is 3.62. The van der Waals surface area contributed by atoms with Crippen LogP contribution < -0.4 is 16.6 Å². The van der Waals surface area contributed by atoms with E-state index in [0.29, 0.717) is 5.69 Å². The fourth-order valence-electron chi connectivity index (χ4n) is 1.66. The Morgan fingerprint density at radius 2 is 2.10 bits per heavy atom. The summed E-state index contributed by atoms with van der Waals surface area (Å²) in [4.78, 5) is 16.7. The molecule has 1 aromatic carbocycles. The van der Waals surface area contributed by atoms with Crippen molar-refractivity contribution in [2.24, 2.45) is 5.84 Å². The second-order valence-electron chi connectivity index (χ2n) is 3.82. The van der Waals surface area contributed by atoms with Crippen molar-refractivity contribution in [2.45, 2.75) is 4.90 Å². The summed E-state index contributed by atoms with van der Waals surface area (Å²) in [5.41, 5.74) is 2.61. The molecule has 2 aromatic rings. The Balaban J connectivity index is 2.29. The van der Waals surface area contributed by atoms with Gasteiger partial charge in [-0.2, -0.15) is 0 Å². The van der Waals surface area contributed by atoms with Gasteiger partial charge < -0.3 is 10.7 Å². The SMILES string of the molecule is CSc1ccccc1NC(=O)c1ccnc(NN)c1F. The number of aromatic nitrogens is 1. The smallest absolute Gasteiger partial charge is 0.258 e. The normalized spacial score (nSPS) is 10.2. The molecule has 0 radical (unpaired) electrons. The van der Waals surface area contributed by atoms with E-state index in [2.05, 4.69) is 15.7 Å². The summed E-state index contributed by atoms with van der Waals surface area (Å²) in [6.45, 7) is 0. The molecule has 4 N–H and O–H groups in total. The number of nitrogens with one attached hydrogen (secondary N) is 2. The monoisotopic (exact) mass is 292 g/mol. The van der Waals surface area contributed by atoms with Crippen molar-refractivity contribution in [1.29, 1.82) is 0 Å². The maximum atomic E-state index is 13.9. The molecule has 104 valence electrons. The van der Waals surface area contributed by atoms with Crippen LogP contribution in [0, 0.1) is 5.82 Å². The van der Waals surface area contributed by atoms with E-state index >= 15 is 0 Å². The number of pyridine rings is 1. The molecule has 2 rings (SSSR count). The molecule has 0 saturated heterocycles. The molecule has 0 spiro atoms. The van der Waals surface area contributed by atoms with E-state index in [1.54, 1.807) is 12.1 Å². The molecular formula is C13H13FN4OS. The number of halogens is 1. The van der Waals surface area contributed by atoms with Crippen molar-refractivity contribution in [1.82, 2.24) is 4.98 Å². The van der Waals surface area contributed by atoms with Crippen LogP contribution >= 0.6 is 11.8 Å². The van der Waals surface area contributed by atoms with Crippen LogP contribution in [0.4, 0.5) is 15.9 Å². The Hall–Kier alpha value is -2.12. The van der Waals surface area contributed by atoms with E-state index in [4.69, 9.17) is 5.84 Å². The fourth-order valence-corrected chi connectivity index (χ4v) is 2.21. The zero-order chi connectivity index (χ0) is 14.5. The first-order valence-corrected chi connectivity index (χ1v) is 6.95. The molecule has 0 fully saturated rings. The lowest BCUT2D eigenvalue weighted by molar-refractivity contribution is 0.102. The maximum absolute atomic E-state index is 13.9. The second kappa shape index (κ2) is 6.36. The number of rotatable bonds is 4. The van der Waals surface area contributed by atoms with Crippen LogP contribution in [0.5, 0.6) is 0 Å². The summed E-state index contributed by atoms with van der Waals surface area (Å²) >= 11 is 1.49. The van der Waals surface area contributed by atoms with Crippen LogP contribution in [-0.4, -0.2) is 17.1 Å². The Kier molecular flexibility index (Phi) is 4.54. The Labute approximate surface area is 119 Å². The van der Waals surface area contributed by atoms with Gasteiger partial charge >= 0.3 is 0 Å². The minimum atomic E-state index is -0.783. The molecule has 5 nitrogen and oxygen atoms in total. The van der Waals surface area contributed by atoms with Gasteiger partial charge in [0, 0.05) is 11.1 Å². The molecule has 7 heteroatoms. The highest BCUT2D eigenvalue weighted by molar-refractivity contribution is 7.98. The number of hydrogen-bond acceptors (Lipinski definition) is 5. The molecule has 0 saturated carbocycles. The zero-order valence-electron chi connectivity index (χ0n) is 10.7. The molecular weight excluding hydrogens is 279 g/mol. The molecule has 1 heterocycles. The van der Waals surface area contributed by atoms with Crippen molar-refractivity contribution in [3.05, 3.63) is 47.9 Å². The number of anilines is 2. The van der Waals surface area contributed by atoms with Crippen molar-refractivity contribution in [3.8, 4) is 0 Å². The highest BCUT2D eigenvalue weighted by atomic mass is 32.2. The van der Waals surface area contributed by atoms with Gasteiger partial charge in [-0.15, -0.1) is 11.8 Å². The van der Waals surface area contributed by atoms with E-state index in [0.717, 1.165) is 4.90 Å². The van der Waals surface area contributed by atoms with E-state index < -0.39 is 11.7 Å². The van der Waals surface area contributed by atoms with Gasteiger partial charge in [-0.25, -0.2) is 15.2 Å². The predicted octanol–water partition coefficient (Wildman–Crippen LogP) is 2.48. The third kappa shape index (κ3) is 2.89. The van der Waals surface area contributed by atoms with Crippen LogP contribution in [0.15, 0.2) is 41.4 Å². The molecule has 0 atom stereocenters. The summed E-state index contributed by atoms with van der Waals surface area (Å²) in [6.07, 6.45) is 3.21. The first-order valence-electron chi connectivity index (χ1n) is 5.73. The zero-order valence-corrected chi connectivity index (χ0v) is 11.5. The quantitative estimate of drug-likeness (QED) is 0.458. The number of nitrogen functional groups attached to an aromatic ring is 1. The Bertz CT molecular complexity index is 636. The average molecular weight is 292 g/mol. The topological polar surface area (TPSA) is 80.0 Å². The van der Waals surface area contributed by atoms with E-state index in [1.165, 1.54) is 24.0 Å². The van der Waals surface area contributed by atoms with Crippen LogP contribution in [0.25, 0.3) is 0 Å². The lowest BCUT2D eigenvalue weighted by Gasteiger charge is -2.10. The maximum Gasteiger partial charge on any atom is 0.258 e. The van der Waals surface area contributed by atoms with Gasteiger partial charge in [-0.3, -0.25) is 4.79 Å². The highest BCUT2D eigenvalue weighted by Gasteiger charge is 2.16. The number of carbonyl (C=O) groups is 1. The van der Waals surface area contributed by atoms with Gasteiger partial charge in [-0.05, 0) is 24.5 Å². The minimum absolute atomic E-state index is 0.121. The largest absolute Gasteiger partial charge is 0.321 e. The molecule has 0 unspecified atom stereocenters. The summed E-state index contributed by atoms with van der Waals surface area (Å²) < 4.78 is 13.9. The summed E-state index contributed by atoms with van der Waals surface area (Å²) in [7, 11) is 0. The number of carbonyl (C=O) groups excluding carboxylic acids is 1. The number of hydrogen-bond donors (Lipinski definition) is 3. The Morgan fingerprint density at radius 1 is 1.35 bits per heavy atom. The van der Waals surface area contributed by atoms with E-state index in [9.17, 15) is 9.18 Å². The number of amides is 1. The minimum Gasteiger partial charge on any atom is -0.321 e. The van der Waals surface area contributed by atoms with E-state index in [1.807, 2.05) is 18.4 Å². The van der Waals surface area contributed by atoms with Crippen molar-refractivity contribution in [3.63, 3.8) is 0 Å². The van der Waals surface area contributed by atoms with Crippen LogP contribution in [0.3, 0.4) is 0 Å². The summed E-state index contributed by atoms with van der Waals surface area (Å²) in [6, 6.07) is 8.59. The van der Waals surface area contributed by atoms with Crippen LogP contribution in [0.1, 0.15) is 10.4 Å². The number of para-hydroxylation sites is 1. The summed E-state index contributed by atoms with van der Waals surface area (Å²) in [5, 5.41) is 2.67. The van der Waals surface area contributed by atoms with Gasteiger partial charge in [0.15, 0.2) is 11.6 Å². The van der Waals surface area contributed by atoms with Gasteiger partial charge in [0.05, 0.1) is 11.3 Å². The molecule has 0 aliphatic heterocycles. The molecule has 0 bridgehead atoms. The van der Waals surface area contributed by atoms with E-state index in [-0.39, 0.29) is 11.4 Å². The number of hydrazine groups is 1. The number of thioether (sulfide) groups is 1. The average Bonchev–Trinajstić information content (AvgIpc) is 2.48. The number of nitrogens with zero attached hydrogens (tertiary/aromatic N) is 1. The van der Waals surface area contributed by atoms with Gasteiger partial charge in [0.1, 0.15) is 0 Å². The lowest BCUT2D eigenvalue weighted by atomic mass is 10.2. The third-order valence-electron chi connectivity index (χ3n) is 2.63. The number of benzene rings is 1. The number of nitrogens with two attached hydrogens (primary N) is 1. The Morgan fingerprint density at radius 3 is 2.80 bits per heavy atom. The first kappa shape index (κ1) is 14.3. The predicted molar refractivity (Wildman–Crippen MR) is 78.2 cm³/mol. The molecule has 0 aliphatic carbocycles. The third-order valence-corrected chi connectivity index (χ3v) is 3.42. The lowest BCUT2D eigenvalue weighted by Crippen LogP contribution is -2.17.